The third kappa shape index (κ3) is 9.51. The highest BCUT2D eigenvalue weighted by Gasteiger charge is 2.01. The van der Waals surface area contributed by atoms with E-state index in [0.29, 0.717) is 6.04 Å². The van der Waals surface area contributed by atoms with E-state index in [-0.39, 0.29) is 0 Å². The van der Waals surface area contributed by atoms with E-state index in [1.165, 1.54) is 24.9 Å². The van der Waals surface area contributed by atoms with Crippen LogP contribution in [0.4, 0.5) is 5.69 Å². The maximum absolute atomic E-state index is 5.48. The van der Waals surface area contributed by atoms with Crippen LogP contribution < -0.4 is 11.1 Å². The van der Waals surface area contributed by atoms with Gasteiger partial charge in [-0.05, 0) is 64.6 Å². The zero-order chi connectivity index (χ0) is 14.7. The fourth-order valence-corrected chi connectivity index (χ4v) is 1.72. The first-order valence-corrected chi connectivity index (χ1v) is 7.19. The molecular formula is C16H31N3. The normalized spacial score (nSPS) is 11.9. The average Bonchev–Trinajstić information content (AvgIpc) is 2.41. The quantitative estimate of drug-likeness (QED) is 0.777. The topological polar surface area (TPSA) is 41.3 Å². The summed E-state index contributed by atoms with van der Waals surface area (Å²) < 4.78 is 0. The predicted octanol–water partition coefficient (Wildman–Crippen LogP) is 2.77. The minimum atomic E-state index is 0.697. The zero-order valence-electron chi connectivity index (χ0n) is 13.2. The van der Waals surface area contributed by atoms with Crippen molar-refractivity contribution in [1.82, 2.24) is 10.2 Å². The van der Waals surface area contributed by atoms with Crippen LogP contribution in [0.2, 0.25) is 0 Å². The van der Waals surface area contributed by atoms with Crippen molar-refractivity contribution in [3.63, 3.8) is 0 Å². The van der Waals surface area contributed by atoms with Crippen LogP contribution in [-0.4, -0.2) is 38.6 Å². The Balaban J connectivity index is 0.000000342. The molecule has 0 aliphatic heterocycles. The van der Waals surface area contributed by atoms with Crippen LogP contribution in [-0.2, 0) is 6.42 Å². The molecule has 0 bridgehead atoms. The molecule has 110 valence electrons. The lowest BCUT2D eigenvalue weighted by Gasteiger charge is -2.16. The molecule has 0 aliphatic rings. The molecule has 0 heterocycles. The van der Waals surface area contributed by atoms with Crippen molar-refractivity contribution < 1.29 is 0 Å². The lowest BCUT2D eigenvalue weighted by molar-refractivity contribution is 0.361. The van der Waals surface area contributed by atoms with Crippen LogP contribution in [0.3, 0.4) is 0 Å². The van der Waals surface area contributed by atoms with Crippen molar-refractivity contribution in [1.29, 1.82) is 0 Å². The van der Waals surface area contributed by atoms with E-state index in [9.17, 15) is 0 Å². The number of benzene rings is 1. The fraction of sp³-hybridized carbons (Fsp3) is 0.625. The molecule has 3 N–H and O–H groups in total. The van der Waals surface area contributed by atoms with Crippen molar-refractivity contribution in [2.24, 2.45) is 0 Å². The van der Waals surface area contributed by atoms with Gasteiger partial charge in [0, 0.05) is 11.7 Å². The highest BCUT2D eigenvalue weighted by Crippen LogP contribution is 2.04. The van der Waals surface area contributed by atoms with Crippen molar-refractivity contribution in [2.75, 3.05) is 33.4 Å². The molecule has 1 aromatic rings. The Morgan fingerprint density at radius 1 is 1.16 bits per heavy atom. The molecule has 0 aliphatic carbocycles. The van der Waals surface area contributed by atoms with Gasteiger partial charge in [-0.3, -0.25) is 0 Å². The maximum atomic E-state index is 5.48. The number of nitrogen functional groups attached to an aromatic ring is 1. The molecule has 0 aromatic heterocycles. The summed E-state index contributed by atoms with van der Waals surface area (Å²) in [6.07, 6.45) is 3.56. The van der Waals surface area contributed by atoms with Crippen molar-refractivity contribution >= 4 is 5.69 Å². The maximum Gasteiger partial charge on any atom is 0.0314 e. The lowest BCUT2D eigenvalue weighted by Crippen LogP contribution is -2.28. The number of nitrogens with zero attached hydrogens (tertiary/aromatic N) is 1. The van der Waals surface area contributed by atoms with E-state index in [1.807, 2.05) is 19.2 Å². The molecule has 3 nitrogen and oxygen atoms in total. The van der Waals surface area contributed by atoms with E-state index in [2.05, 4.69) is 50.3 Å². The van der Waals surface area contributed by atoms with Gasteiger partial charge in [-0.15, -0.1) is 0 Å². The molecule has 1 atom stereocenters. The molecule has 1 unspecified atom stereocenters. The zero-order valence-corrected chi connectivity index (χ0v) is 13.2. The number of hydrogen-bond donors (Lipinski definition) is 2. The van der Waals surface area contributed by atoms with Crippen molar-refractivity contribution in [2.45, 2.75) is 39.2 Å². The molecule has 19 heavy (non-hydrogen) atoms. The SMILES string of the molecule is CCC(CCN(C)C)NC.CCc1ccc(N)cc1. The van der Waals surface area contributed by atoms with Crippen LogP contribution >= 0.6 is 0 Å². The van der Waals surface area contributed by atoms with Gasteiger partial charge in [-0.25, -0.2) is 0 Å². The molecule has 0 fully saturated rings. The molecular weight excluding hydrogens is 234 g/mol. The summed E-state index contributed by atoms with van der Waals surface area (Å²) in [6.45, 7) is 5.53. The third-order valence-corrected chi connectivity index (χ3v) is 3.21. The Labute approximate surface area is 119 Å². The predicted molar refractivity (Wildman–Crippen MR) is 86.5 cm³/mol. The van der Waals surface area contributed by atoms with Gasteiger partial charge in [0.15, 0.2) is 0 Å². The standard InChI is InChI=1S/C8H20N2.C8H11N/c1-5-8(9-2)6-7-10(3)4;1-2-7-3-5-8(9)6-4-7/h8-9H,5-7H2,1-4H3;3-6H,2,9H2,1H3. The van der Waals surface area contributed by atoms with Gasteiger partial charge in [0.25, 0.3) is 0 Å². The highest BCUT2D eigenvalue weighted by molar-refractivity contribution is 5.39. The second-order valence-corrected chi connectivity index (χ2v) is 5.08. The van der Waals surface area contributed by atoms with E-state index >= 15 is 0 Å². The Kier molecular flexibility index (Phi) is 10.2. The van der Waals surface area contributed by atoms with Gasteiger partial charge in [0.1, 0.15) is 0 Å². The lowest BCUT2D eigenvalue weighted by atomic mass is 10.1. The van der Waals surface area contributed by atoms with E-state index < -0.39 is 0 Å². The van der Waals surface area contributed by atoms with E-state index in [4.69, 9.17) is 5.73 Å². The minimum absolute atomic E-state index is 0.697. The Hall–Kier alpha value is -1.06. The molecule has 1 aromatic carbocycles. The first kappa shape index (κ1) is 17.9. The molecule has 0 radical (unpaired) electrons. The molecule has 0 amide bonds. The first-order valence-electron chi connectivity index (χ1n) is 7.19. The van der Waals surface area contributed by atoms with Crippen LogP contribution in [0.5, 0.6) is 0 Å². The van der Waals surface area contributed by atoms with Crippen LogP contribution in [0, 0.1) is 0 Å². The minimum Gasteiger partial charge on any atom is -0.399 e. The van der Waals surface area contributed by atoms with Gasteiger partial charge >= 0.3 is 0 Å². The fourth-order valence-electron chi connectivity index (χ4n) is 1.72. The smallest absolute Gasteiger partial charge is 0.0314 e. The summed E-state index contributed by atoms with van der Waals surface area (Å²) in [5.41, 5.74) is 7.66. The van der Waals surface area contributed by atoms with Gasteiger partial charge in [-0.1, -0.05) is 26.0 Å². The Bertz CT molecular complexity index is 302. The summed E-state index contributed by atoms with van der Waals surface area (Å²) in [5, 5.41) is 3.28. The van der Waals surface area contributed by atoms with E-state index in [1.54, 1.807) is 0 Å². The number of nitrogens with two attached hydrogens (primary N) is 1. The number of aryl methyl sites for hydroxylation is 1. The van der Waals surface area contributed by atoms with Gasteiger partial charge in [-0.2, -0.15) is 0 Å². The van der Waals surface area contributed by atoms with Gasteiger partial charge < -0.3 is 16.0 Å². The Morgan fingerprint density at radius 2 is 1.74 bits per heavy atom. The highest BCUT2D eigenvalue weighted by atomic mass is 15.1. The first-order chi connectivity index (χ1) is 9.03. The Morgan fingerprint density at radius 3 is 2.11 bits per heavy atom. The summed E-state index contributed by atoms with van der Waals surface area (Å²) in [5.74, 6) is 0. The largest absolute Gasteiger partial charge is 0.399 e. The number of nitrogens with one attached hydrogen (secondary N) is 1. The van der Waals surface area contributed by atoms with Crippen LogP contribution in [0.25, 0.3) is 0 Å². The molecule has 0 spiro atoms. The summed E-state index contributed by atoms with van der Waals surface area (Å²) in [6, 6.07) is 8.66. The summed E-state index contributed by atoms with van der Waals surface area (Å²) >= 11 is 0. The second kappa shape index (κ2) is 10.8. The van der Waals surface area contributed by atoms with Crippen molar-refractivity contribution in [3.05, 3.63) is 29.8 Å². The van der Waals surface area contributed by atoms with Gasteiger partial charge in [0.05, 0.1) is 0 Å². The van der Waals surface area contributed by atoms with Gasteiger partial charge in [0.2, 0.25) is 0 Å². The van der Waals surface area contributed by atoms with Crippen LogP contribution in [0.1, 0.15) is 32.3 Å². The molecule has 3 heteroatoms. The molecule has 0 saturated heterocycles. The van der Waals surface area contributed by atoms with Crippen LogP contribution in [0.15, 0.2) is 24.3 Å². The number of hydrogen-bond acceptors (Lipinski definition) is 3. The molecule has 1 rings (SSSR count). The number of anilines is 1. The monoisotopic (exact) mass is 265 g/mol. The van der Waals surface area contributed by atoms with Crippen molar-refractivity contribution in [3.8, 4) is 0 Å². The second-order valence-electron chi connectivity index (χ2n) is 5.08. The van der Waals surface area contributed by atoms with E-state index in [0.717, 1.165) is 12.1 Å². The third-order valence-electron chi connectivity index (χ3n) is 3.21. The summed E-state index contributed by atoms with van der Waals surface area (Å²) in [4.78, 5) is 2.22. The average molecular weight is 265 g/mol. The molecule has 0 saturated carbocycles. The number of rotatable bonds is 6. The summed E-state index contributed by atoms with van der Waals surface area (Å²) in [7, 11) is 6.26.